The molecule has 1 aromatic heterocycles. The number of carbonyl (C=O) groups is 3. The summed E-state index contributed by atoms with van der Waals surface area (Å²) < 4.78 is 13.4. The van der Waals surface area contributed by atoms with Gasteiger partial charge in [-0.1, -0.05) is 23.7 Å². The van der Waals surface area contributed by atoms with Crippen LogP contribution in [-0.4, -0.2) is 56.6 Å². The molecule has 1 saturated carbocycles. The van der Waals surface area contributed by atoms with Crippen LogP contribution in [0.4, 0.5) is 14.9 Å². The third kappa shape index (κ3) is 4.17. The highest BCUT2D eigenvalue weighted by atomic mass is 35.5. The summed E-state index contributed by atoms with van der Waals surface area (Å²) in [5, 5.41) is 19.0. The number of anilines is 1. The Labute approximate surface area is 210 Å². The Balaban J connectivity index is 1.33. The summed E-state index contributed by atoms with van der Waals surface area (Å²) in [6, 6.07) is 10.1. The van der Waals surface area contributed by atoms with Gasteiger partial charge < -0.3 is 20.2 Å². The van der Waals surface area contributed by atoms with Gasteiger partial charge in [-0.05, 0) is 48.7 Å². The molecule has 0 spiro atoms. The molecule has 2 aliphatic rings. The molecule has 11 heteroatoms. The zero-order chi connectivity index (χ0) is 25.6. The summed E-state index contributed by atoms with van der Waals surface area (Å²) in [4.78, 5) is 40.8. The number of carboxylic acids is 1. The number of hydrogen-bond donors (Lipinski definition) is 3. The lowest BCUT2D eigenvalue weighted by Crippen LogP contribution is -2.41. The van der Waals surface area contributed by atoms with Crippen molar-refractivity contribution >= 4 is 35.2 Å². The normalized spacial score (nSPS) is 15.7. The van der Waals surface area contributed by atoms with Crippen LogP contribution in [0.3, 0.4) is 0 Å². The van der Waals surface area contributed by atoms with Crippen LogP contribution in [0, 0.1) is 5.82 Å². The number of nitrogens with zero attached hydrogens (tertiary/aromatic N) is 3. The van der Waals surface area contributed by atoms with Crippen LogP contribution in [0.15, 0.2) is 42.5 Å². The number of halogens is 2. The number of benzene rings is 2. The van der Waals surface area contributed by atoms with Crippen molar-refractivity contribution in [2.24, 2.45) is 0 Å². The number of aromatic amines is 1. The van der Waals surface area contributed by atoms with Crippen LogP contribution in [0.1, 0.15) is 50.5 Å². The number of urea groups is 1. The molecule has 3 N–H and O–H groups in total. The lowest BCUT2D eigenvalue weighted by atomic mass is 10.00. The fourth-order valence-corrected chi connectivity index (χ4v) is 4.81. The molecular weight excluding hydrogens is 489 g/mol. The molecule has 1 aliphatic carbocycles. The highest BCUT2D eigenvalue weighted by molar-refractivity contribution is 6.31. The number of carbonyl (C=O) groups excluding carboxylic acids is 2. The zero-order valence-electron chi connectivity index (χ0n) is 19.3. The largest absolute Gasteiger partial charge is 0.478 e. The molecule has 0 saturated heterocycles. The van der Waals surface area contributed by atoms with E-state index in [0.29, 0.717) is 24.2 Å². The topological polar surface area (TPSA) is 119 Å². The van der Waals surface area contributed by atoms with Gasteiger partial charge in [-0.2, -0.15) is 5.10 Å². The average Bonchev–Trinajstić information content (AvgIpc) is 3.58. The van der Waals surface area contributed by atoms with Crippen molar-refractivity contribution in [3.63, 3.8) is 0 Å². The molecule has 0 atom stereocenters. The second-order valence-corrected chi connectivity index (χ2v) is 9.45. The van der Waals surface area contributed by atoms with E-state index in [1.807, 2.05) is 0 Å². The molecule has 3 amide bonds. The van der Waals surface area contributed by atoms with E-state index < -0.39 is 23.4 Å². The molecule has 5 rings (SSSR count). The van der Waals surface area contributed by atoms with E-state index in [9.17, 15) is 18.8 Å². The number of fused-ring (bicyclic) bond motifs is 1. The van der Waals surface area contributed by atoms with Gasteiger partial charge in [0.25, 0.3) is 5.91 Å². The first-order valence-corrected chi connectivity index (χ1v) is 11.8. The Morgan fingerprint density at radius 3 is 2.56 bits per heavy atom. The van der Waals surface area contributed by atoms with Gasteiger partial charge in [-0.25, -0.2) is 14.0 Å². The molecule has 0 radical (unpaired) electrons. The van der Waals surface area contributed by atoms with Crippen molar-refractivity contribution in [2.45, 2.75) is 31.3 Å². The van der Waals surface area contributed by atoms with Crippen LogP contribution in [-0.2, 0) is 18.5 Å². The monoisotopic (exact) mass is 511 g/mol. The van der Waals surface area contributed by atoms with Gasteiger partial charge in [0.15, 0.2) is 5.69 Å². The fourth-order valence-electron chi connectivity index (χ4n) is 4.63. The molecule has 0 bridgehead atoms. The lowest BCUT2D eigenvalue weighted by molar-refractivity contribution is 0.0683. The minimum absolute atomic E-state index is 0.0916. The fraction of sp³-hybridized carbons (Fsp3) is 0.280. The first-order valence-electron chi connectivity index (χ1n) is 11.4. The summed E-state index contributed by atoms with van der Waals surface area (Å²) in [5.41, 5.74) is 2.61. The Morgan fingerprint density at radius 1 is 1.19 bits per heavy atom. The highest BCUT2D eigenvalue weighted by Gasteiger charge is 2.50. The van der Waals surface area contributed by atoms with Gasteiger partial charge in [-0.15, -0.1) is 0 Å². The predicted octanol–water partition coefficient (Wildman–Crippen LogP) is 4.25. The summed E-state index contributed by atoms with van der Waals surface area (Å²) in [6.45, 7) is 0.598. The maximum Gasteiger partial charge on any atom is 0.335 e. The van der Waals surface area contributed by atoms with E-state index in [1.54, 1.807) is 29.0 Å². The van der Waals surface area contributed by atoms with Crippen molar-refractivity contribution in [1.29, 1.82) is 0 Å². The lowest BCUT2D eigenvalue weighted by Gasteiger charge is -2.30. The molecule has 1 fully saturated rings. The second kappa shape index (κ2) is 8.94. The second-order valence-electron chi connectivity index (χ2n) is 9.04. The number of amides is 3. The standard InChI is InChI=1S/C25H23ClFN5O4/c1-31(25(9-10-25)15-4-2-14(3-5-15)23(34)35)22(33)21-17-13-32(11-8-20(17)29-30-21)24(36)28-16-6-7-19(27)18(26)12-16/h2-7,12H,8-11,13H2,1H3,(H,28,36)(H,29,30)(H,34,35). The highest BCUT2D eigenvalue weighted by Crippen LogP contribution is 2.51. The summed E-state index contributed by atoms with van der Waals surface area (Å²) in [5.74, 6) is -1.86. The summed E-state index contributed by atoms with van der Waals surface area (Å²) in [7, 11) is 1.72. The number of H-pyrrole nitrogens is 1. The van der Waals surface area contributed by atoms with Gasteiger partial charge >= 0.3 is 12.0 Å². The predicted molar refractivity (Wildman–Crippen MR) is 130 cm³/mol. The smallest absolute Gasteiger partial charge is 0.335 e. The Morgan fingerprint density at radius 2 is 1.92 bits per heavy atom. The van der Waals surface area contributed by atoms with Gasteiger partial charge in [-0.3, -0.25) is 9.89 Å². The minimum atomic E-state index is -1.00. The van der Waals surface area contributed by atoms with Crippen molar-refractivity contribution in [3.05, 3.63) is 81.4 Å². The molecule has 3 aromatic rings. The molecule has 0 unspecified atom stereocenters. The van der Waals surface area contributed by atoms with Crippen molar-refractivity contribution in [1.82, 2.24) is 20.0 Å². The number of rotatable bonds is 5. The van der Waals surface area contributed by atoms with Gasteiger partial charge in [0.1, 0.15) is 5.82 Å². The SMILES string of the molecule is CN(C(=O)c1n[nH]c2c1CN(C(=O)Nc1ccc(F)c(Cl)c1)CC2)C1(c2ccc(C(=O)O)cc2)CC1. The van der Waals surface area contributed by atoms with Gasteiger partial charge in [0.05, 0.1) is 22.7 Å². The molecular formula is C25H23ClFN5O4. The average molecular weight is 512 g/mol. The van der Waals surface area contributed by atoms with Crippen LogP contribution in [0.5, 0.6) is 0 Å². The van der Waals surface area contributed by atoms with E-state index >= 15 is 0 Å². The molecule has 36 heavy (non-hydrogen) atoms. The maximum absolute atomic E-state index is 13.5. The van der Waals surface area contributed by atoms with Crippen LogP contribution in [0.25, 0.3) is 0 Å². The van der Waals surface area contributed by atoms with Gasteiger partial charge in [0.2, 0.25) is 0 Å². The molecule has 9 nitrogen and oxygen atoms in total. The van der Waals surface area contributed by atoms with Crippen molar-refractivity contribution in [3.8, 4) is 0 Å². The quantitative estimate of drug-likeness (QED) is 0.473. The first kappa shape index (κ1) is 23.8. The number of nitrogens with one attached hydrogen (secondary N) is 2. The van der Waals surface area contributed by atoms with E-state index in [-0.39, 0.29) is 28.7 Å². The van der Waals surface area contributed by atoms with Crippen LogP contribution < -0.4 is 5.32 Å². The summed E-state index contributed by atoms with van der Waals surface area (Å²) >= 11 is 5.81. The number of hydrogen-bond acceptors (Lipinski definition) is 4. The first-order chi connectivity index (χ1) is 17.2. The zero-order valence-corrected chi connectivity index (χ0v) is 20.1. The Hall–Kier alpha value is -3.92. The van der Waals surface area contributed by atoms with E-state index in [2.05, 4.69) is 15.5 Å². The third-order valence-electron chi connectivity index (χ3n) is 6.93. The van der Waals surface area contributed by atoms with E-state index in [1.165, 1.54) is 30.3 Å². The van der Waals surface area contributed by atoms with Crippen molar-refractivity contribution < 1.29 is 23.9 Å². The molecule has 1 aliphatic heterocycles. The minimum Gasteiger partial charge on any atom is -0.478 e. The molecule has 2 aromatic carbocycles. The molecule has 2 heterocycles. The van der Waals surface area contributed by atoms with E-state index in [4.69, 9.17) is 16.7 Å². The van der Waals surface area contributed by atoms with Crippen LogP contribution in [0.2, 0.25) is 5.02 Å². The maximum atomic E-state index is 13.5. The number of carboxylic acid groups (broad SMARTS) is 1. The van der Waals surface area contributed by atoms with E-state index in [0.717, 1.165) is 24.1 Å². The molecule has 186 valence electrons. The Bertz CT molecular complexity index is 1370. The van der Waals surface area contributed by atoms with Gasteiger partial charge in [0, 0.05) is 37.0 Å². The number of aromatic nitrogens is 2. The number of aromatic carboxylic acids is 1. The van der Waals surface area contributed by atoms with Crippen molar-refractivity contribution in [2.75, 3.05) is 18.9 Å². The summed E-state index contributed by atoms with van der Waals surface area (Å²) in [6.07, 6.45) is 2.00. The Kier molecular flexibility index (Phi) is 5.91. The third-order valence-corrected chi connectivity index (χ3v) is 7.22. The van der Waals surface area contributed by atoms with Crippen LogP contribution >= 0.6 is 11.6 Å².